The summed E-state index contributed by atoms with van der Waals surface area (Å²) in [7, 11) is 1.54. The molecule has 2 aromatic rings. The number of amides is 2. The monoisotopic (exact) mass is 454 g/mol. The van der Waals surface area contributed by atoms with Gasteiger partial charge in [0.2, 0.25) is 11.8 Å². The van der Waals surface area contributed by atoms with Gasteiger partial charge in [-0.05, 0) is 49.2 Å². The van der Waals surface area contributed by atoms with Crippen molar-refractivity contribution in [1.29, 1.82) is 0 Å². The van der Waals surface area contributed by atoms with Gasteiger partial charge in [0.1, 0.15) is 5.82 Å². The van der Waals surface area contributed by atoms with E-state index in [0.29, 0.717) is 12.1 Å². The summed E-state index contributed by atoms with van der Waals surface area (Å²) in [5.41, 5.74) is 1.59. The van der Waals surface area contributed by atoms with E-state index >= 15 is 0 Å². The molecular weight excluding hydrogens is 434 g/mol. The number of benzene rings is 2. The standard InChI is InChI=1S/C20H21BrF2N2O3/c1-13-10-14(21)5-7-17(13)24-19(26)12-25(2)20(27)4-3-9-28-18-8-6-15(22)11-16(18)23/h5-8,10-11H,3-4,9,12H2,1-2H3,(H,24,26). The van der Waals surface area contributed by atoms with Crippen LogP contribution in [0.2, 0.25) is 0 Å². The molecule has 28 heavy (non-hydrogen) atoms. The van der Waals surface area contributed by atoms with Gasteiger partial charge in [-0.15, -0.1) is 0 Å². The lowest BCUT2D eigenvalue weighted by molar-refractivity contribution is -0.133. The summed E-state index contributed by atoms with van der Waals surface area (Å²) in [6.07, 6.45) is 0.483. The minimum absolute atomic E-state index is 0.0635. The van der Waals surface area contributed by atoms with Crippen molar-refractivity contribution in [2.75, 3.05) is 25.5 Å². The Hall–Kier alpha value is -2.48. The number of carbonyl (C=O) groups is 2. The van der Waals surface area contributed by atoms with E-state index in [0.717, 1.165) is 22.2 Å². The Labute approximate surface area is 170 Å². The van der Waals surface area contributed by atoms with E-state index in [1.807, 2.05) is 19.1 Å². The average molecular weight is 455 g/mol. The van der Waals surface area contributed by atoms with Gasteiger partial charge in [0.15, 0.2) is 11.6 Å². The maximum atomic E-state index is 13.5. The van der Waals surface area contributed by atoms with E-state index in [1.165, 1.54) is 18.0 Å². The number of rotatable bonds is 8. The minimum atomic E-state index is -0.789. The van der Waals surface area contributed by atoms with Crippen molar-refractivity contribution in [3.05, 3.63) is 58.1 Å². The van der Waals surface area contributed by atoms with Gasteiger partial charge in [0, 0.05) is 29.7 Å². The van der Waals surface area contributed by atoms with Crippen molar-refractivity contribution in [2.24, 2.45) is 0 Å². The molecule has 0 saturated heterocycles. The fourth-order valence-electron chi connectivity index (χ4n) is 2.45. The van der Waals surface area contributed by atoms with Crippen molar-refractivity contribution >= 4 is 33.4 Å². The summed E-state index contributed by atoms with van der Waals surface area (Å²) in [6, 6.07) is 8.52. The molecule has 0 fully saturated rings. The summed E-state index contributed by atoms with van der Waals surface area (Å²) in [5.74, 6) is -2.06. The van der Waals surface area contributed by atoms with Gasteiger partial charge in [-0.3, -0.25) is 9.59 Å². The summed E-state index contributed by atoms with van der Waals surface area (Å²) in [6.45, 7) is 1.90. The lowest BCUT2D eigenvalue weighted by atomic mass is 10.2. The molecule has 1 N–H and O–H groups in total. The van der Waals surface area contributed by atoms with Crippen LogP contribution in [-0.2, 0) is 9.59 Å². The highest BCUT2D eigenvalue weighted by Crippen LogP contribution is 2.20. The molecule has 0 heterocycles. The first-order chi connectivity index (χ1) is 13.3. The number of halogens is 3. The van der Waals surface area contributed by atoms with Gasteiger partial charge in [0.25, 0.3) is 0 Å². The number of ether oxygens (including phenoxy) is 1. The number of likely N-dealkylation sites (N-methyl/N-ethyl adjacent to an activating group) is 1. The Morgan fingerprint density at radius 2 is 1.93 bits per heavy atom. The maximum Gasteiger partial charge on any atom is 0.243 e. The summed E-state index contributed by atoms with van der Waals surface area (Å²) < 4.78 is 32.4. The van der Waals surface area contributed by atoms with Gasteiger partial charge in [-0.2, -0.15) is 0 Å². The van der Waals surface area contributed by atoms with Crippen LogP contribution in [0.5, 0.6) is 5.75 Å². The molecule has 0 aliphatic carbocycles. The normalized spacial score (nSPS) is 10.5. The van der Waals surface area contributed by atoms with Crippen LogP contribution < -0.4 is 10.1 Å². The van der Waals surface area contributed by atoms with Gasteiger partial charge < -0.3 is 15.0 Å². The molecule has 0 unspecified atom stereocenters. The number of nitrogens with zero attached hydrogens (tertiary/aromatic N) is 1. The number of nitrogens with one attached hydrogen (secondary N) is 1. The molecule has 0 aliphatic heterocycles. The lowest BCUT2D eigenvalue weighted by Crippen LogP contribution is -2.35. The molecule has 0 atom stereocenters. The molecule has 0 aromatic heterocycles. The van der Waals surface area contributed by atoms with E-state index in [2.05, 4.69) is 21.2 Å². The van der Waals surface area contributed by atoms with E-state index < -0.39 is 11.6 Å². The molecule has 0 radical (unpaired) electrons. The zero-order valence-electron chi connectivity index (χ0n) is 15.6. The number of hydrogen-bond acceptors (Lipinski definition) is 3. The quantitative estimate of drug-likeness (QED) is 0.605. The first-order valence-electron chi connectivity index (χ1n) is 8.64. The third-order valence-corrected chi connectivity index (χ3v) is 4.45. The van der Waals surface area contributed by atoms with E-state index in [1.54, 1.807) is 6.07 Å². The van der Waals surface area contributed by atoms with E-state index in [-0.39, 0.29) is 37.1 Å². The second-order valence-corrected chi connectivity index (χ2v) is 7.20. The summed E-state index contributed by atoms with van der Waals surface area (Å²) >= 11 is 3.36. The molecule has 0 aliphatic rings. The largest absolute Gasteiger partial charge is 0.491 e. The Bertz CT molecular complexity index is 861. The second-order valence-electron chi connectivity index (χ2n) is 6.28. The van der Waals surface area contributed by atoms with Gasteiger partial charge >= 0.3 is 0 Å². The van der Waals surface area contributed by atoms with Crippen LogP contribution in [0, 0.1) is 18.6 Å². The Balaban J connectivity index is 1.73. The first kappa shape index (κ1) is 21.8. The van der Waals surface area contributed by atoms with Crippen molar-refractivity contribution < 1.29 is 23.1 Å². The number of anilines is 1. The van der Waals surface area contributed by atoms with Gasteiger partial charge in [-0.1, -0.05) is 15.9 Å². The Kier molecular flexibility index (Phi) is 7.92. The summed E-state index contributed by atoms with van der Waals surface area (Å²) in [5, 5.41) is 2.77. The van der Waals surface area contributed by atoms with Gasteiger partial charge in [0.05, 0.1) is 13.2 Å². The molecule has 150 valence electrons. The van der Waals surface area contributed by atoms with Crippen LogP contribution in [0.3, 0.4) is 0 Å². The highest BCUT2D eigenvalue weighted by molar-refractivity contribution is 9.10. The molecule has 2 amide bonds. The predicted molar refractivity (Wildman–Crippen MR) is 106 cm³/mol. The summed E-state index contributed by atoms with van der Waals surface area (Å²) in [4.78, 5) is 25.6. The lowest BCUT2D eigenvalue weighted by Gasteiger charge is -2.17. The van der Waals surface area contributed by atoms with Crippen LogP contribution in [0.4, 0.5) is 14.5 Å². The fourth-order valence-corrected chi connectivity index (χ4v) is 2.92. The zero-order chi connectivity index (χ0) is 20.7. The average Bonchev–Trinajstić information content (AvgIpc) is 2.62. The smallest absolute Gasteiger partial charge is 0.243 e. The second kappa shape index (κ2) is 10.2. The van der Waals surface area contributed by atoms with Crippen LogP contribution in [0.15, 0.2) is 40.9 Å². The number of carbonyl (C=O) groups excluding carboxylic acids is 2. The zero-order valence-corrected chi connectivity index (χ0v) is 17.2. The SMILES string of the molecule is Cc1cc(Br)ccc1NC(=O)CN(C)C(=O)CCCOc1ccc(F)cc1F. The highest BCUT2D eigenvalue weighted by atomic mass is 79.9. The van der Waals surface area contributed by atoms with Crippen LogP contribution in [-0.4, -0.2) is 36.9 Å². The number of hydrogen-bond donors (Lipinski definition) is 1. The third kappa shape index (κ3) is 6.60. The Morgan fingerprint density at radius 1 is 1.18 bits per heavy atom. The highest BCUT2D eigenvalue weighted by Gasteiger charge is 2.14. The molecule has 2 aromatic carbocycles. The van der Waals surface area contributed by atoms with Crippen molar-refractivity contribution in [3.8, 4) is 5.75 Å². The van der Waals surface area contributed by atoms with Crippen LogP contribution in [0.25, 0.3) is 0 Å². The van der Waals surface area contributed by atoms with Crippen molar-refractivity contribution in [2.45, 2.75) is 19.8 Å². The maximum absolute atomic E-state index is 13.5. The Morgan fingerprint density at radius 3 is 2.61 bits per heavy atom. The molecule has 5 nitrogen and oxygen atoms in total. The molecule has 0 spiro atoms. The molecule has 8 heteroatoms. The molecule has 0 bridgehead atoms. The topological polar surface area (TPSA) is 58.6 Å². The van der Waals surface area contributed by atoms with E-state index in [9.17, 15) is 18.4 Å². The molecular formula is C20H21BrF2N2O3. The molecule has 0 saturated carbocycles. The van der Waals surface area contributed by atoms with Crippen LogP contribution in [0.1, 0.15) is 18.4 Å². The number of aryl methyl sites for hydroxylation is 1. The van der Waals surface area contributed by atoms with Gasteiger partial charge in [-0.25, -0.2) is 8.78 Å². The molecule has 2 rings (SSSR count). The first-order valence-corrected chi connectivity index (χ1v) is 9.43. The van der Waals surface area contributed by atoms with Crippen molar-refractivity contribution in [3.63, 3.8) is 0 Å². The fraction of sp³-hybridized carbons (Fsp3) is 0.300. The van der Waals surface area contributed by atoms with Crippen LogP contribution >= 0.6 is 15.9 Å². The van der Waals surface area contributed by atoms with E-state index in [4.69, 9.17) is 4.74 Å². The third-order valence-electron chi connectivity index (χ3n) is 3.96. The minimum Gasteiger partial charge on any atom is -0.491 e. The predicted octanol–water partition coefficient (Wildman–Crippen LogP) is 4.29. The van der Waals surface area contributed by atoms with Crippen molar-refractivity contribution in [1.82, 2.24) is 4.90 Å².